The summed E-state index contributed by atoms with van der Waals surface area (Å²) in [6.07, 6.45) is -0.902. The van der Waals surface area contributed by atoms with Crippen LogP contribution in [0.25, 0.3) is 0 Å². The van der Waals surface area contributed by atoms with Gasteiger partial charge in [-0.3, -0.25) is 0 Å². The van der Waals surface area contributed by atoms with Gasteiger partial charge >= 0.3 is 12.0 Å². The zero-order chi connectivity index (χ0) is 21.0. The molecule has 154 valence electrons. The van der Waals surface area contributed by atoms with Crippen molar-refractivity contribution < 1.29 is 28.9 Å². The number of esters is 1. The van der Waals surface area contributed by atoms with Crippen molar-refractivity contribution in [2.45, 2.75) is 19.6 Å². The van der Waals surface area contributed by atoms with Gasteiger partial charge in [0.25, 0.3) is 0 Å². The Balaban J connectivity index is 1.76. The number of benzene rings is 2. The number of amides is 2. The Kier molecular flexibility index (Phi) is 6.23. The number of rotatable bonds is 5. The lowest BCUT2D eigenvalue weighted by Gasteiger charge is -2.34. The zero-order valence-corrected chi connectivity index (χ0v) is 16.6. The third kappa shape index (κ3) is 4.27. The van der Waals surface area contributed by atoms with E-state index in [1.807, 2.05) is 0 Å². The highest BCUT2D eigenvalue weighted by Gasteiger charge is 2.32. The fourth-order valence-corrected chi connectivity index (χ4v) is 3.34. The summed E-state index contributed by atoms with van der Waals surface area (Å²) < 4.78 is 15.7. The van der Waals surface area contributed by atoms with Crippen LogP contribution >= 0.6 is 0 Å². The maximum absolute atomic E-state index is 12.7. The van der Waals surface area contributed by atoms with E-state index in [2.05, 4.69) is 5.32 Å². The summed E-state index contributed by atoms with van der Waals surface area (Å²) in [5.74, 6) is 0.723. The molecule has 8 heteroatoms. The van der Waals surface area contributed by atoms with Gasteiger partial charge in [0.2, 0.25) is 0 Å². The van der Waals surface area contributed by atoms with Crippen LogP contribution < -0.4 is 14.8 Å². The number of ether oxygens (including phenoxy) is 3. The lowest BCUT2D eigenvalue weighted by Crippen LogP contribution is -2.41. The first-order valence-electron chi connectivity index (χ1n) is 9.23. The number of carbonyl (C=O) groups is 2. The standard InChI is InChI=1S/C21H24N2O6/c1-4-29-20(25)13-5-7-14(8-6-13)22-21(26)23-11-15-17(27-2)9-10-18(28-3)19(15)16(24)12-23/h5-10,16,24H,4,11-12H2,1-3H3,(H,22,26). The van der Waals surface area contributed by atoms with Crippen LogP contribution in [0.2, 0.25) is 0 Å². The predicted octanol–water partition coefficient (Wildman–Crippen LogP) is 2.96. The smallest absolute Gasteiger partial charge is 0.338 e. The lowest BCUT2D eigenvalue weighted by atomic mass is 9.95. The first-order valence-corrected chi connectivity index (χ1v) is 9.23. The summed E-state index contributed by atoms with van der Waals surface area (Å²) in [6.45, 7) is 2.41. The Morgan fingerprint density at radius 1 is 1.10 bits per heavy atom. The molecule has 1 aliphatic heterocycles. The number of hydrogen-bond acceptors (Lipinski definition) is 6. The minimum absolute atomic E-state index is 0.114. The summed E-state index contributed by atoms with van der Waals surface area (Å²) in [6, 6.07) is 9.54. The van der Waals surface area contributed by atoms with Crippen molar-refractivity contribution in [3.63, 3.8) is 0 Å². The van der Waals surface area contributed by atoms with Gasteiger partial charge in [0, 0.05) is 16.8 Å². The number of aliphatic hydroxyl groups excluding tert-OH is 1. The molecule has 0 saturated carbocycles. The van der Waals surface area contributed by atoms with E-state index >= 15 is 0 Å². The van der Waals surface area contributed by atoms with E-state index in [0.29, 0.717) is 40.5 Å². The van der Waals surface area contributed by atoms with Gasteiger partial charge in [0.05, 0.1) is 39.5 Å². The average molecular weight is 400 g/mol. The van der Waals surface area contributed by atoms with E-state index < -0.39 is 12.1 Å². The van der Waals surface area contributed by atoms with Crippen LogP contribution in [0.3, 0.4) is 0 Å². The van der Waals surface area contributed by atoms with Gasteiger partial charge in [-0.2, -0.15) is 0 Å². The minimum atomic E-state index is -0.902. The molecule has 2 aromatic carbocycles. The number of nitrogens with zero attached hydrogens (tertiary/aromatic N) is 1. The summed E-state index contributed by atoms with van der Waals surface area (Å²) in [5.41, 5.74) is 2.28. The van der Waals surface area contributed by atoms with Gasteiger partial charge in [0.1, 0.15) is 17.6 Å². The van der Waals surface area contributed by atoms with E-state index in [0.717, 1.165) is 0 Å². The number of methoxy groups -OCH3 is 2. The Bertz CT molecular complexity index is 897. The molecule has 2 N–H and O–H groups in total. The fourth-order valence-electron chi connectivity index (χ4n) is 3.34. The first-order chi connectivity index (χ1) is 14.0. The van der Waals surface area contributed by atoms with Gasteiger partial charge in [-0.15, -0.1) is 0 Å². The molecule has 0 aliphatic carbocycles. The molecule has 0 spiro atoms. The second kappa shape index (κ2) is 8.83. The molecule has 0 bridgehead atoms. The highest BCUT2D eigenvalue weighted by atomic mass is 16.5. The van der Waals surface area contributed by atoms with Crippen molar-refractivity contribution in [2.75, 3.05) is 32.7 Å². The number of β-amino-alcohol motifs (C(OH)–C–C–N with tert-alkyl or cyclic N) is 1. The maximum atomic E-state index is 12.7. The van der Waals surface area contributed by atoms with Crippen molar-refractivity contribution in [3.8, 4) is 11.5 Å². The van der Waals surface area contributed by atoms with E-state index in [1.165, 1.54) is 12.0 Å². The molecule has 0 aromatic heterocycles. The van der Waals surface area contributed by atoms with E-state index in [9.17, 15) is 14.7 Å². The first kappa shape index (κ1) is 20.5. The topological polar surface area (TPSA) is 97.3 Å². The van der Waals surface area contributed by atoms with Gasteiger partial charge in [-0.25, -0.2) is 9.59 Å². The Morgan fingerprint density at radius 2 is 1.76 bits per heavy atom. The lowest BCUT2D eigenvalue weighted by molar-refractivity contribution is 0.0526. The molecule has 29 heavy (non-hydrogen) atoms. The Labute approximate surface area is 169 Å². The highest BCUT2D eigenvalue weighted by Crippen LogP contribution is 2.39. The third-order valence-electron chi connectivity index (χ3n) is 4.72. The largest absolute Gasteiger partial charge is 0.496 e. The highest BCUT2D eigenvalue weighted by molar-refractivity contribution is 5.92. The van der Waals surface area contributed by atoms with Crippen molar-refractivity contribution in [1.82, 2.24) is 4.90 Å². The third-order valence-corrected chi connectivity index (χ3v) is 4.72. The second-order valence-corrected chi connectivity index (χ2v) is 6.49. The Hall–Kier alpha value is -3.26. The van der Waals surface area contributed by atoms with Crippen LogP contribution in [-0.4, -0.2) is 49.4 Å². The fraction of sp³-hybridized carbons (Fsp3) is 0.333. The SMILES string of the molecule is CCOC(=O)c1ccc(NC(=O)N2Cc3c(OC)ccc(OC)c3C(O)C2)cc1. The van der Waals surface area contributed by atoms with E-state index in [-0.39, 0.29) is 19.1 Å². The van der Waals surface area contributed by atoms with Gasteiger partial charge < -0.3 is 29.5 Å². The van der Waals surface area contributed by atoms with E-state index in [1.54, 1.807) is 50.4 Å². The van der Waals surface area contributed by atoms with Crippen LogP contribution in [0.15, 0.2) is 36.4 Å². The van der Waals surface area contributed by atoms with Gasteiger partial charge in [-0.05, 0) is 43.3 Å². The molecule has 8 nitrogen and oxygen atoms in total. The van der Waals surface area contributed by atoms with Crippen molar-refractivity contribution in [2.24, 2.45) is 0 Å². The molecule has 0 fully saturated rings. The number of carbonyl (C=O) groups excluding carboxylic acids is 2. The van der Waals surface area contributed by atoms with Crippen molar-refractivity contribution >= 4 is 17.7 Å². The number of fused-ring (bicyclic) bond motifs is 1. The van der Waals surface area contributed by atoms with Gasteiger partial charge in [-0.1, -0.05) is 0 Å². The molecule has 3 rings (SSSR count). The maximum Gasteiger partial charge on any atom is 0.338 e. The normalized spacial score (nSPS) is 15.3. The van der Waals surface area contributed by atoms with Crippen LogP contribution in [-0.2, 0) is 11.3 Å². The van der Waals surface area contributed by atoms with Crippen LogP contribution in [0, 0.1) is 0 Å². The number of aliphatic hydroxyl groups is 1. The molecule has 0 saturated heterocycles. The molecule has 1 unspecified atom stereocenters. The van der Waals surface area contributed by atoms with E-state index in [4.69, 9.17) is 14.2 Å². The van der Waals surface area contributed by atoms with Crippen LogP contribution in [0.5, 0.6) is 11.5 Å². The summed E-state index contributed by atoms with van der Waals surface area (Å²) >= 11 is 0. The monoisotopic (exact) mass is 400 g/mol. The number of urea groups is 1. The molecular formula is C21H24N2O6. The molecule has 0 radical (unpaired) electrons. The molecule has 2 amide bonds. The Morgan fingerprint density at radius 3 is 2.38 bits per heavy atom. The predicted molar refractivity (Wildman–Crippen MR) is 106 cm³/mol. The zero-order valence-electron chi connectivity index (χ0n) is 16.6. The molecule has 2 aromatic rings. The molecule has 1 aliphatic rings. The number of nitrogens with one attached hydrogen (secondary N) is 1. The quantitative estimate of drug-likeness (QED) is 0.749. The van der Waals surface area contributed by atoms with Crippen molar-refractivity contribution in [1.29, 1.82) is 0 Å². The van der Waals surface area contributed by atoms with Crippen LogP contribution in [0.1, 0.15) is 34.5 Å². The number of anilines is 1. The van der Waals surface area contributed by atoms with Crippen molar-refractivity contribution in [3.05, 3.63) is 53.1 Å². The van der Waals surface area contributed by atoms with Gasteiger partial charge in [0.15, 0.2) is 0 Å². The summed E-state index contributed by atoms with van der Waals surface area (Å²) in [7, 11) is 3.08. The molecule has 1 atom stereocenters. The molecular weight excluding hydrogens is 376 g/mol. The average Bonchev–Trinajstić information content (AvgIpc) is 2.73. The second-order valence-electron chi connectivity index (χ2n) is 6.49. The minimum Gasteiger partial charge on any atom is -0.496 e. The summed E-state index contributed by atoms with van der Waals surface area (Å²) in [5, 5.41) is 13.4. The summed E-state index contributed by atoms with van der Waals surface area (Å²) in [4.78, 5) is 26.0. The number of hydrogen-bond donors (Lipinski definition) is 2. The molecule has 1 heterocycles. The van der Waals surface area contributed by atoms with Crippen LogP contribution in [0.4, 0.5) is 10.5 Å².